The third-order valence-corrected chi connectivity index (χ3v) is 2.66. The first-order valence-corrected chi connectivity index (χ1v) is 6.30. The second-order valence-electron chi connectivity index (χ2n) is 4.50. The summed E-state index contributed by atoms with van der Waals surface area (Å²) in [4.78, 5) is 0. The SMILES string of the molecule is CCCOc1cccc(C=C(CN)C(C)C)c1. The molecule has 2 heteroatoms. The molecule has 0 saturated carbocycles. The van der Waals surface area contributed by atoms with E-state index < -0.39 is 0 Å². The third kappa shape index (κ3) is 4.61. The van der Waals surface area contributed by atoms with Gasteiger partial charge in [-0.25, -0.2) is 0 Å². The van der Waals surface area contributed by atoms with Crippen molar-refractivity contribution in [1.29, 1.82) is 0 Å². The zero-order valence-electron chi connectivity index (χ0n) is 11.1. The lowest BCUT2D eigenvalue weighted by Gasteiger charge is -2.09. The van der Waals surface area contributed by atoms with E-state index in [9.17, 15) is 0 Å². The molecule has 1 aromatic carbocycles. The molecule has 1 rings (SSSR count). The van der Waals surface area contributed by atoms with Crippen molar-refractivity contribution in [2.24, 2.45) is 11.7 Å². The lowest BCUT2D eigenvalue weighted by Crippen LogP contribution is -2.08. The van der Waals surface area contributed by atoms with Crippen LogP contribution < -0.4 is 10.5 Å². The van der Waals surface area contributed by atoms with Gasteiger partial charge in [0.05, 0.1) is 6.61 Å². The van der Waals surface area contributed by atoms with E-state index in [0.29, 0.717) is 12.5 Å². The molecule has 0 unspecified atom stereocenters. The average molecular weight is 233 g/mol. The largest absolute Gasteiger partial charge is 0.494 e. The molecule has 0 aliphatic carbocycles. The minimum atomic E-state index is 0.486. The van der Waals surface area contributed by atoms with Crippen molar-refractivity contribution in [2.45, 2.75) is 27.2 Å². The fourth-order valence-electron chi connectivity index (χ4n) is 1.59. The van der Waals surface area contributed by atoms with Crippen LogP contribution in [0.25, 0.3) is 6.08 Å². The molecule has 0 bridgehead atoms. The summed E-state index contributed by atoms with van der Waals surface area (Å²) in [5, 5.41) is 0. The van der Waals surface area contributed by atoms with Crippen LogP contribution in [0.5, 0.6) is 5.75 Å². The third-order valence-electron chi connectivity index (χ3n) is 2.66. The van der Waals surface area contributed by atoms with Crippen molar-refractivity contribution < 1.29 is 4.74 Å². The highest BCUT2D eigenvalue weighted by molar-refractivity contribution is 5.55. The van der Waals surface area contributed by atoms with Gasteiger partial charge in [-0.15, -0.1) is 0 Å². The molecule has 0 aliphatic heterocycles. The Hall–Kier alpha value is -1.28. The molecule has 2 nitrogen and oxygen atoms in total. The number of ether oxygens (including phenoxy) is 1. The van der Waals surface area contributed by atoms with Gasteiger partial charge >= 0.3 is 0 Å². The number of benzene rings is 1. The number of nitrogens with two attached hydrogens (primary N) is 1. The highest BCUT2D eigenvalue weighted by atomic mass is 16.5. The van der Waals surface area contributed by atoms with Gasteiger partial charge in [-0.2, -0.15) is 0 Å². The summed E-state index contributed by atoms with van der Waals surface area (Å²) in [6, 6.07) is 8.15. The topological polar surface area (TPSA) is 35.2 Å². The number of rotatable bonds is 6. The monoisotopic (exact) mass is 233 g/mol. The molecule has 0 aliphatic rings. The first-order valence-electron chi connectivity index (χ1n) is 6.30. The van der Waals surface area contributed by atoms with Crippen LogP contribution in [0.3, 0.4) is 0 Å². The lowest BCUT2D eigenvalue weighted by atomic mass is 10.0. The van der Waals surface area contributed by atoms with E-state index >= 15 is 0 Å². The van der Waals surface area contributed by atoms with Crippen molar-refractivity contribution in [1.82, 2.24) is 0 Å². The van der Waals surface area contributed by atoms with E-state index in [1.54, 1.807) is 0 Å². The molecule has 0 fully saturated rings. The Morgan fingerprint density at radius 3 is 2.76 bits per heavy atom. The van der Waals surface area contributed by atoms with Crippen LogP contribution in [0.2, 0.25) is 0 Å². The summed E-state index contributed by atoms with van der Waals surface area (Å²) in [6.07, 6.45) is 3.18. The highest BCUT2D eigenvalue weighted by Crippen LogP contribution is 2.18. The summed E-state index contributed by atoms with van der Waals surface area (Å²) in [7, 11) is 0. The van der Waals surface area contributed by atoms with E-state index in [0.717, 1.165) is 24.3 Å². The second-order valence-corrected chi connectivity index (χ2v) is 4.50. The van der Waals surface area contributed by atoms with Gasteiger partial charge in [-0.1, -0.05) is 44.6 Å². The Morgan fingerprint density at radius 2 is 2.18 bits per heavy atom. The van der Waals surface area contributed by atoms with Crippen LogP contribution >= 0.6 is 0 Å². The van der Waals surface area contributed by atoms with E-state index in [4.69, 9.17) is 10.5 Å². The second kappa shape index (κ2) is 7.13. The predicted molar refractivity (Wildman–Crippen MR) is 74.1 cm³/mol. The highest BCUT2D eigenvalue weighted by Gasteiger charge is 2.01. The molecule has 94 valence electrons. The van der Waals surface area contributed by atoms with E-state index in [1.807, 2.05) is 12.1 Å². The fourth-order valence-corrected chi connectivity index (χ4v) is 1.59. The van der Waals surface area contributed by atoms with Gasteiger partial charge in [0.1, 0.15) is 5.75 Å². The maximum absolute atomic E-state index is 5.74. The van der Waals surface area contributed by atoms with Crippen molar-refractivity contribution in [3.8, 4) is 5.75 Å². The molecule has 0 heterocycles. The van der Waals surface area contributed by atoms with Crippen molar-refractivity contribution in [3.05, 3.63) is 35.4 Å². The van der Waals surface area contributed by atoms with Gasteiger partial charge in [0.25, 0.3) is 0 Å². The Bertz CT molecular complexity index is 369. The molecule has 0 amide bonds. The van der Waals surface area contributed by atoms with Crippen LogP contribution in [0.4, 0.5) is 0 Å². The summed E-state index contributed by atoms with van der Waals surface area (Å²) >= 11 is 0. The Labute approximate surface area is 104 Å². The van der Waals surface area contributed by atoms with Gasteiger partial charge < -0.3 is 10.5 Å². The van der Waals surface area contributed by atoms with Crippen LogP contribution in [0.1, 0.15) is 32.8 Å². The van der Waals surface area contributed by atoms with Gasteiger partial charge in [0.15, 0.2) is 0 Å². The Kier molecular flexibility index (Phi) is 5.78. The molecular formula is C15H23NO. The van der Waals surface area contributed by atoms with Gasteiger partial charge in [-0.05, 0) is 30.0 Å². The zero-order valence-corrected chi connectivity index (χ0v) is 11.1. The first kappa shape index (κ1) is 13.8. The normalized spacial score (nSPS) is 11.9. The molecule has 0 saturated heterocycles. The van der Waals surface area contributed by atoms with Crippen molar-refractivity contribution in [2.75, 3.05) is 13.2 Å². The van der Waals surface area contributed by atoms with Gasteiger partial charge in [0, 0.05) is 6.54 Å². The molecule has 2 N–H and O–H groups in total. The maximum atomic E-state index is 5.74. The molecule has 1 aromatic rings. The minimum absolute atomic E-state index is 0.486. The van der Waals surface area contributed by atoms with E-state index in [2.05, 4.69) is 39.0 Å². The summed E-state index contributed by atoms with van der Waals surface area (Å²) in [6.45, 7) is 7.81. The van der Waals surface area contributed by atoms with E-state index in [-0.39, 0.29) is 0 Å². The minimum Gasteiger partial charge on any atom is -0.494 e. The lowest BCUT2D eigenvalue weighted by molar-refractivity contribution is 0.317. The van der Waals surface area contributed by atoms with Crippen LogP contribution in [0, 0.1) is 5.92 Å². The number of hydrogen-bond donors (Lipinski definition) is 1. The Balaban J connectivity index is 2.83. The summed E-state index contributed by atoms with van der Waals surface area (Å²) < 4.78 is 5.61. The standard InChI is InChI=1S/C15H23NO/c1-4-8-17-15-7-5-6-13(10-15)9-14(11-16)12(2)3/h5-7,9-10,12H,4,8,11,16H2,1-3H3. The van der Waals surface area contributed by atoms with Gasteiger partial charge in [-0.3, -0.25) is 0 Å². The molecule has 0 radical (unpaired) electrons. The summed E-state index contributed by atoms with van der Waals surface area (Å²) in [5.41, 5.74) is 8.16. The zero-order chi connectivity index (χ0) is 12.7. The molecule has 17 heavy (non-hydrogen) atoms. The molecule has 0 atom stereocenters. The van der Waals surface area contributed by atoms with Crippen LogP contribution in [0.15, 0.2) is 29.8 Å². The maximum Gasteiger partial charge on any atom is 0.119 e. The van der Waals surface area contributed by atoms with E-state index in [1.165, 1.54) is 5.57 Å². The average Bonchev–Trinajstić information content (AvgIpc) is 2.33. The first-order chi connectivity index (χ1) is 8.17. The van der Waals surface area contributed by atoms with Gasteiger partial charge in [0.2, 0.25) is 0 Å². The number of hydrogen-bond acceptors (Lipinski definition) is 2. The smallest absolute Gasteiger partial charge is 0.119 e. The van der Waals surface area contributed by atoms with Crippen molar-refractivity contribution in [3.63, 3.8) is 0 Å². The summed E-state index contributed by atoms with van der Waals surface area (Å²) in [5.74, 6) is 1.42. The molecular weight excluding hydrogens is 210 g/mol. The van der Waals surface area contributed by atoms with Crippen LogP contribution in [-0.2, 0) is 0 Å². The predicted octanol–water partition coefficient (Wildman–Crippen LogP) is 3.47. The molecule has 0 aromatic heterocycles. The Morgan fingerprint density at radius 1 is 1.41 bits per heavy atom. The quantitative estimate of drug-likeness (QED) is 0.816. The van der Waals surface area contributed by atoms with Crippen molar-refractivity contribution >= 4 is 6.08 Å². The molecule has 0 spiro atoms. The fraction of sp³-hybridized carbons (Fsp3) is 0.467. The van der Waals surface area contributed by atoms with Crippen LogP contribution in [-0.4, -0.2) is 13.2 Å².